The average molecular weight is 291 g/mol. The van der Waals surface area contributed by atoms with Crippen LogP contribution in [-0.4, -0.2) is 23.5 Å². The number of carbonyl (C=O) groups is 2. The summed E-state index contributed by atoms with van der Waals surface area (Å²) in [4.78, 5) is 22.1. The maximum Gasteiger partial charge on any atom is 0.303 e. The van der Waals surface area contributed by atoms with Crippen LogP contribution in [0.4, 0.5) is 0 Å². The van der Waals surface area contributed by atoms with Gasteiger partial charge in [-0.05, 0) is 30.2 Å². The first-order valence-electron chi connectivity index (χ1n) is 7.46. The van der Waals surface area contributed by atoms with E-state index in [1.165, 1.54) is 5.56 Å². The third-order valence-corrected chi connectivity index (χ3v) is 3.67. The molecule has 1 aromatic carbocycles. The zero-order valence-corrected chi connectivity index (χ0v) is 12.9. The second-order valence-corrected chi connectivity index (χ2v) is 5.95. The van der Waals surface area contributed by atoms with Gasteiger partial charge in [0.05, 0.1) is 0 Å². The molecule has 0 fully saturated rings. The predicted octanol–water partition coefficient (Wildman–Crippen LogP) is 3.12. The highest BCUT2D eigenvalue weighted by Crippen LogP contribution is 2.27. The van der Waals surface area contributed by atoms with Crippen LogP contribution in [0.25, 0.3) is 0 Å². The van der Waals surface area contributed by atoms with Crippen LogP contribution in [0.1, 0.15) is 51.5 Å². The molecule has 0 aromatic heterocycles. The lowest BCUT2D eigenvalue weighted by Gasteiger charge is -2.25. The summed E-state index contributed by atoms with van der Waals surface area (Å²) in [6.07, 6.45) is 2.75. The zero-order valence-electron chi connectivity index (χ0n) is 12.9. The van der Waals surface area contributed by atoms with Crippen molar-refractivity contribution >= 4 is 11.9 Å². The Kier molecular flexibility index (Phi) is 6.92. The van der Waals surface area contributed by atoms with Crippen LogP contribution in [0.2, 0.25) is 0 Å². The molecule has 0 saturated carbocycles. The van der Waals surface area contributed by atoms with Crippen LogP contribution in [0.5, 0.6) is 0 Å². The molecular formula is C17H25NO3. The number of carbonyl (C=O) groups excluding carboxylic acids is 1. The molecule has 1 aromatic rings. The lowest BCUT2D eigenvalue weighted by atomic mass is 9.80. The zero-order chi connectivity index (χ0) is 15.7. The Morgan fingerprint density at radius 1 is 1.10 bits per heavy atom. The second-order valence-electron chi connectivity index (χ2n) is 5.95. The van der Waals surface area contributed by atoms with Crippen molar-refractivity contribution in [3.63, 3.8) is 0 Å². The number of unbranched alkanes of at least 4 members (excludes halogenated alkanes) is 1. The Morgan fingerprint density at radius 2 is 1.76 bits per heavy atom. The topological polar surface area (TPSA) is 66.4 Å². The summed E-state index contributed by atoms with van der Waals surface area (Å²) < 4.78 is 0. The van der Waals surface area contributed by atoms with E-state index >= 15 is 0 Å². The number of carboxylic acids is 1. The van der Waals surface area contributed by atoms with E-state index in [-0.39, 0.29) is 17.7 Å². The molecule has 0 unspecified atom stereocenters. The molecule has 0 heterocycles. The minimum absolute atomic E-state index is 0.0259. The average Bonchev–Trinajstić information content (AvgIpc) is 2.45. The number of carboxylic acid groups (broad SMARTS) is 1. The Hall–Kier alpha value is -1.84. The first-order valence-corrected chi connectivity index (χ1v) is 7.46. The molecule has 0 aliphatic rings. The molecule has 0 bridgehead atoms. The molecule has 1 amide bonds. The monoisotopic (exact) mass is 291 g/mol. The van der Waals surface area contributed by atoms with Crippen molar-refractivity contribution in [2.24, 2.45) is 0 Å². The molecular weight excluding hydrogens is 266 g/mol. The van der Waals surface area contributed by atoms with Crippen molar-refractivity contribution in [1.29, 1.82) is 0 Å². The van der Waals surface area contributed by atoms with Gasteiger partial charge in [0.2, 0.25) is 5.91 Å². The van der Waals surface area contributed by atoms with E-state index in [2.05, 4.69) is 31.3 Å². The number of amides is 1. The summed E-state index contributed by atoms with van der Waals surface area (Å²) in [5.41, 5.74) is 1.21. The van der Waals surface area contributed by atoms with Gasteiger partial charge in [0.1, 0.15) is 0 Å². The van der Waals surface area contributed by atoms with E-state index in [1.807, 2.05) is 18.2 Å². The summed E-state index contributed by atoms with van der Waals surface area (Å²) in [5, 5.41) is 11.4. The number of aliphatic carboxylic acids is 1. The van der Waals surface area contributed by atoms with Crippen LogP contribution < -0.4 is 5.32 Å². The first kappa shape index (κ1) is 17.2. The van der Waals surface area contributed by atoms with E-state index in [0.29, 0.717) is 25.8 Å². The fourth-order valence-electron chi connectivity index (χ4n) is 2.18. The van der Waals surface area contributed by atoms with Gasteiger partial charge in [-0.3, -0.25) is 9.59 Å². The number of hydrogen-bond acceptors (Lipinski definition) is 2. The van der Waals surface area contributed by atoms with E-state index in [0.717, 1.165) is 6.42 Å². The Morgan fingerprint density at radius 3 is 2.38 bits per heavy atom. The number of benzene rings is 1. The van der Waals surface area contributed by atoms with Crippen molar-refractivity contribution < 1.29 is 14.7 Å². The van der Waals surface area contributed by atoms with Crippen molar-refractivity contribution in [1.82, 2.24) is 5.32 Å². The van der Waals surface area contributed by atoms with Gasteiger partial charge >= 0.3 is 5.97 Å². The highest BCUT2D eigenvalue weighted by molar-refractivity contribution is 5.76. The predicted molar refractivity (Wildman–Crippen MR) is 83.2 cm³/mol. The summed E-state index contributed by atoms with van der Waals surface area (Å²) >= 11 is 0. The molecule has 0 aliphatic heterocycles. The third kappa shape index (κ3) is 6.93. The van der Waals surface area contributed by atoms with E-state index in [4.69, 9.17) is 5.11 Å². The van der Waals surface area contributed by atoms with Gasteiger partial charge < -0.3 is 10.4 Å². The van der Waals surface area contributed by atoms with Crippen molar-refractivity contribution in [3.05, 3.63) is 35.9 Å². The number of nitrogens with one attached hydrogen (secondary N) is 1. The van der Waals surface area contributed by atoms with Gasteiger partial charge in [-0.1, -0.05) is 44.2 Å². The SMILES string of the molecule is CC(C)(CCC(=O)NCCCCC(=O)O)c1ccccc1. The fraction of sp³-hybridized carbons (Fsp3) is 0.529. The molecule has 4 nitrogen and oxygen atoms in total. The molecule has 0 spiro atoms. The first-order chi connectivity index (χ1) is 9.92. The minimum atomic E-state index is -0.786. The summed E-state index contributed by atoms with van der Waals surface area (Å²) in [6.45, 7) is 4.84. The van der Waals surface area contributed by atoms with Gasteiger partial charge in [-0.25, -0.2) is 0 Å². The molecule has 1 rings (SSSR count). The number of hydrogen-bond donors (Lipinski definition) is 2. The molecule has 0 atom stereocenters. The highest BCUT2D eigenvalue weighted by atomic mass is 16.4. The largest absolute Gasteiger partial charge is 0.481 e. The molecule has 2 N–H and O–H groups in total. The van der Waals surface area contributed by atoms with Crippen LogP contribution in [-0.2, 0) is 15.0 Å². The number of rotatable bonds is 9. The van der Waals surface area contributed by atoms with E-state index in [1.54, 1.807) is 0 Å². The Balaban J connectivity index is 2.25. The van der Waals surface area contributed by atoms with Gasteiger partial charge in [0.25, 0.3) is 0 Å². The fourth-order valence-corrected chi connectivity index (χ4v) is 2.18. The quantitative estimate of drug-likeness (QED) is 0.687. The Bertz CT molecular complexity index is 454. The normalized spacial score (nSPS) is 11.1. The lowest BCUT2D eigenvalue weighted by molar-refractivity contribution is -0.137. The van der Waals surface area contributed by atoms with Gasteiger partial charge in [0.15, 0.2) is 0 Å². The molecule has 4 heteroatoms. The molecule has 0 aliphatic carbocycles. The Labute approximate surface area is 126 Å². The smallest absolute Gasteiger partial charge is 0.303 e. The van der Waals surface area contributed by atoms with Crippen LogP contribution >= 0.6 is 0 Å². The molecule has 0 radical (unpaired) electrons. The third-order valence-electron chi connectivity index (χ3n) is 3.67. The standard InChI is InChI=1S/C17H25NO3/c1-17(2,14-8-4-3-5-9-14)12-11-15(19)18-13-7-6-10-16(20)21/h3-5,8-9H,6-7,10-13H2,1-2H3,(H,18,19)(H,20,21). The summed E-state index contributed by atoms with van der Waals surface area (Å²) in [7, 11) is 0. The molecule has 0 saturated heterocycles. The molecule has 116 valence electrons. The van der Waals surface area contributed by atoms with Gasteiger partial charge in [-0.2, -0.15) is 0 Å². The summed E-state index contributed by atoms with van der Waals surface area (Å²) in [6, 6.07) is 10.2. The van der Waals surface area contributed by atoms with Crippen LogP contribution in [0.3, 0.4) is 0 Å². The lowest BCUT2D eigenvalue weighted by Crippen LogP contribution is -2.27. The summed E-state index contributed by atoms with van der Waals surface area (Å²) in [5.74, 6) is -0.750. The van der Waals surface area contributed by atoms with Crippen LogP contribution in [0, 0.1) is 0 Å². The maximum atomic E-state index is 11.8. The second kappa shape index (κ2) is 8.45. The van der Waals surface area contributed by atoms with Crippen molar-refractivity contribution in [2.75, 3.05) is 6.54 Å². The highest BCUT2D eigenvalue weighted by Gasteiger charge is 2.21. The van der Waals surface area contributed by atoms with Crippen molar-refractivity contribution in [3.8, 4) is 0 Å². The van der Waals surface area contributed by atoms with E-state index in [9.17, 15) is 9.59 Å². The maximum absolute atomic E-state index is 11.8. The van der Waals surface area contributed by atoms with Crippen molar-refractivity contribution in [2.45, 2.75) is 51.4 Å². The van der Waals surface area contributed by atoms with Gasteiger partial charge in [0, 0.05) is 19.4 Å². The molecule has 21 heavy (non-hydrogen) atoms. The van der Waals surface area contributed by atoms with Gasteiger partial charge in [-0.15, -0.1) is 0 Å². The van der Waals surface area contributed by atoms with Crippen LogP contribution in [0.15, 0.2) is 30.3 Å². The van der Waals surface area contributed by atoms with E-state index < -0.39 is 5.97 Å². The minimum Gasteiger partial charge on any atom is -0.481 e.